The number of carbonyl (C=O) groups excluding carboxylic acids is 4. The van der Waals surface area contributed by atoms with Crippen molar-refractivity contribution in [3.05, 3.63) is 30.1 Å². The Labute approximate surface area is 171 Å². The second-order valence-electron chi connectivity index (χ2n) is 7.24. The minimum absolute atomic E-state index is 0.0228. The number of hydrogen-bond acceptors (Lipinski definition) is 7. The summed E-state index contributed by atoms with van der Waals surface area (Å²) in [7, 11) is 0. The van der Waals surface area contributed by atoms with E-state index in [0.717, 1.165) is 0 Å². The number of amides is 2. The number of rotatable bonds is 8. The summed E-state index contributed by atoms with van der Waals surface area (Å²) in [6.45, 7) is 8.07. The average molecular weight is 406 g/mol. The summed E-state index contributed by atoms with van der Waals surface area (Å²) < 4.78 is 5.18. The molecule has 9 nitrogen and oxygen atoms in total. The van der Waals surface area contributed by atoms with Gasteiger partial charge in [0.2, 0.25) is 11.8 Å². The van der Waals surface area contributed by atoms with Crippen LogP contribution in [0, 0.1) is 12.3 Å². The van der Waals surface area contributed by atoms with Crippen LogP contribution < -0.4 is 10.6 Å². The Bertz CT molecular complexity index is 699. The monoisotopic (exact) mass is 406 g/mol. The number of carbonyl (C=O) groups is 4. The zero-order valence-electron chi connectivity index (χ0n) is 17.6. The van der Waals surface area contributed by atoms with Crippen molar-refractivity contribution in [2.45, 2.75) is 59.1 Å². The van der Waals surface area contributed by atoms with E-state index in [1.54, 1.807) is 27.0 Å². The second-order valence-corrected chi connectivity index (χ2v) is 7.24. The Kier molecular flexibility index (Phi) is 11.7. The highest BCUT2D eigenvalue weighted by Gasteiger charge is 2.27. The van der Waals surface area contributed by atoms with Gasteiger partial charge in [0.05, 0.1) is 12.8 Å². The van der Waals surface area contributed by atoms with E-state index < -0.39 is 29.3 Å². The number of hydrogen-bond donors (Lipinski definition) is 3. The summed E-state index contributed by atoms with van der Waals surface area (Å²) in [4.78, 5) is 49.5. The lowest BCUT2D eigenvalue weighted by atomic mass is 10.1. The molecule has 0 saturated heterocycles. The lowest BCUT2D eigenvalue weighted by Crippen LogP contribution is -2.47. The second kappa shape index (κ2) is 13.1. The third-order valence-electron chi connectivity index (χ3n) is 3.17. The minimum atomic E-state index is -1.01. The first-order valence-electron chi connectivity index (χ1n) is 9.11. The van der Waals surface area contributed by atoms with Gasteiger partial charge >= 0.3 is 5.97 Å². The Morgan fingerprint density at radius 2 is 1.93 bits per heavy atom. The van der Waals surface area contributed by atoms with Crippen LogP contribution in [-0.2, 0) is 23.9 Å². The average Bonchev–Trinajstić information content (AvgIpc) is 2.62. The number of aromatic nitrogens is 1. The largest absolute Gasteiger partial charge is 0.458 e. The third-order valence-corrected chi connectivity index (χ3v) is 3.17. The molecule has 0 saturated carbocycles. The summed E-state index contributed by atoms with van der Waals surface area (Å²) >= 11 is 0. The van der Waals surface area contributed by atoms with Crippen molar-refractivity contribution >= 4 is 29.8 Å². The molecule has 0 bridgehead atoms. The topological polar surface area (TPSA) is 138 Å². The standard InChI is InChI=1S/C14H23N3O5.C6H7N/c1-9(18)16-8-12(20)17-11(6-5-10(19)7-15)13(21)22-14(2,3)4;1-6-3-2-4-7-5-6/h7,11,15H,5-6,8H2,1-4H3,(H,16,18)(H,17,20);2-5H,1H3. The fraction of sp³-hybridized carbons (Fsp3) is 0.500. The van der Waals surface area contributed by atoms with Gasteiger partial charge in [0.25, 0.3) is 0 Å². The van der Waals surface area contributed by atoms with Crippen molar-refractivity contribution < 1.29 is 23.9 Å². The number of aryl methyl sites for hydroxylation is 1. The molecule has 0 aromatic carbocycles. The van der Waals surface area contributed by atoms with E-state index in [9.17, 15) is 19.2 Å². The molecule has 160 valence electrons. The van der Waals surface area contributed by atoms with E-state index in [2.05, 4.69) is 15.6 Å². The molecule has 0 aliphatic carbocycles. The number of nitrogens with one attached hydrogen (secondary N) is 3. The Balaban J connectivity index is 0.000000929. The molecule has 1 aromatic rings. The summed E-state index contributed by atoms with van der Waals surface area (Å²) in [5.41, 5.74) is 0.478. The number of ether oxygens (including phenoxy) is 1. The number of esters is 1. The lowest BCUT2D eigenvalue weighted by Gasteiger charge is -2.24. The third kappa shape index (κ3) is 14.6. The highest BCUT2D eigenvalue weighted by Crippen LogP contribution is 2.11. The molecule has 0 fully saturated rings. The molecule has 0 aliphatic rings. The SMILES string of the molecule is CC(=O)NCC(=O)NC(CCC(=O)C=N)C(=O)OC(C)(C)C.Cc1cccnc1. The van der Waals surface area contributed by atoms with Crippen molar-refractivity contribution in [2.24, 2.45) is 0 Å². The Morgan fingerprint density at radius 1 is 1.28 bits per heavy atom. The molecular formula is C20H30N4O5. The van der Waals surface area contributed by atoms with Crippen LogP contribution in [0.3, 0.4) is 0 Å². The Morgan fingerprint density at radius 3 is 2.34 bits per heavy atom. The van der Waals surface area contributed by atoms with Gasteiger partial charge in [0.1, 0.15) is 11.6 Å². The number of pyridine rings is 1. The maximum Gasteiger partial charge on any atom is 0.329 e. The molecule has 0 aliphatic heterocycles. The van der Waals surface area contributed by atoms with Gasteiger partial charge in [-0.05, 0) is 45.7 Å². The van der Waals surface area contributed by atoms with Crippen LogP contribution in [0.1, 0.15) is 46.1 Å². The van der Waals surface area contributed by atoms with Gasteiger partial charge in [0.15, 0.2) is 5.78 Å². The van der Waals surface area contributed by atoms with Crippen LogP contribution in [0.2, 0.25) is 0 Å². The molecule has 9 heteroatoms. The van der Waals surface area contributed by atoms with E-state index in [0.29, 0.717) is 6.21 Å². The van der Waals surface area contributed by atoms with Gasteiger partial charge in [-0.1, -0.05) is 6.07 Å². The maximum atomic E-state index is 12.0. The van der Waals surface area contributed by atoms with Gasteiger partial charge in [-0.25, -0.2) is 4.79 Å². The van der Waals surface area contributed by atoms with Crippen molar-refractivity contribution in [1.82, 2.24) is 15.6 Å². The predicted octanol–water partition coefficient (Wildman–Crippen LogP) is 1.34. The van der Waals surface area contributed by atoms with Crippen LogP contribution in [-0.4, -0.2) is 53.0 Å². The number of ketones is 1. The molecule has 1 heterocycles. The highest BCUT2D eigenvalue weighted by atomic mass is 16.6. The number of nitrogens with zero attached hydrogens (tertiary/aromatic N) is 1. The van der Waals surface area contributed by atoms with Crippen LogP contribution in [0.15, 0.2) is 24.5 Å². The first-order chi connectivity index (χ1) is 13.4. The van der Waals surface area contributed by atoms with E-state index in [-0.39, 0.29) is 25.3 Å². The van der Waals surface area contributed by atoms with Gasteiger partial charge in [-0.15, -0.1) is 0 Å². The van der Waals surface area contributed by atoms with E-state index in [1.807, 2.05) is 25.3 Å². The van der Waals surface area contributed by atoms with Crippen LogP contribution >= 0.6 is 0 Å². The summed E-state index contributed by atoms with van der Waals surface area (Å²) in [6.07, 6.45) is 4.22. The molecule has 29 heavy (non-hydrogen) atoms. The van der Waals surface area contributed by atoms with Crippen LogP contribution in [0.4, 0.5) is 0 Å². The molecule has 2 amide bonds. The molecule has 1 unspecified atom stereocenters. The van der Waals surface area contributed by atoms with Gasteiger partial charge in [-0.2, -0.15) is 0 Å². The van der Waals surface area contributed by atoms with E-state index in [1.165, 1.54) is 12.5 Å². The Hall–Kier alpha value is -3.10. The van der Waals surface area contributed by atoms with Crippen molar-refractivity contribution in [3.8, 4) is 0 Å². The molecule has 3 N–H and O–H groups in total. The smallest absolute Gasteiger partial charge is 0.329 e. The highest BCUT2D eigenvalue weighted by molar-refractivity contribution is 6.26. The fourth-order valence-electron chi connectivity index (χ4n) is 1.88. The van der Waals surface area contributed by atoms with Crippen LogP contribution in [0.25, 0.3) is 0 Å². The van der Waals surface area contributed by atoms with Crippen LogP contribution in [0.5, 0.6) is 0 Å². The molecule has 0 spiro atoms. The van der Waals surface area contributed by atoms with E-state index in [4.69, 9.17) is 10.1 Å². The lowest BCUT2D eigenvalue weighted by molar-refractivity contribution is -0.158. The zero-order chi connectivity index (χ0) is 22.4. The first-order valence-corrected chi connectivity index (χ1v) is 9.11. The fourth-order valence-corrected chi connectivity index (χ4v) is 1.88. The zero-order valence-corrected chi connectivity index (χ0v) is 17.6. The van der Waals surface area contributed by atoms with Gasteiger partial charge < -0.3 is 20.8 Å². The van der Waals surface area contributed by atoms with Gasteiger partial charge in [-0.3, -0.25) is 19.4 Å². The van der Waals surface area contributed by atoms with E-state index >= 15 is 0 Å². The van der Waals surface area contributed by atoms with Gasteiger partial charge in [0, 0.05) is 25.7 Å². The minimum Gasteiger partial charge on any atom is -0.458 e. The van der Waals surface area contributed by atoms with Crippen molar-refractivity contribution in [2.75, 3.05) is 6.54 Å². The molecular weight excluding hydrogens is 376 g/mol. The quantitative estimate of drug-likeness (QED) is 0.440. The molecule has 1 atom stereocenters. The summed E-state index contributed by atoms with van der Waals surface area (Å²) in [5, 5.41) is 11.6. The maximum absolute atomic E-state index is 12.0. The normalized spacial score (nSPS) is 11.2. The summed E-state index contributed by atoms with van der Waals surface area (Å²) in [6, 6.07) is 2.94. The molecule has 0 radical (unpaired) electrons. The van der Waals surface area contributed by atoms with Crippen molar-refractivity contribution in [1.29, 1.82) is 5.41 Å². The van der Waals surface area contributed by atoms with Crippen molar-refractivity contribution in [3.63, 3.8) is 0 Å². The summed E-state index contributed by atoms with van der Waals surface area (Å²) in [5.74, 6) is -2.05. The predicted molar refractivity (Wildman–Crippen MR) is 108 cm³/mol. The number of Topliss-reactive ketones (excluding diaryl/α,β-unsaturated/α-hetero) is 1. The molecule has 1 aromatic heterocycles. The molecule has 1 rings (SSSR count). The first kappa shape index (κ1) is 25.9.